The molecule has 68 valence electrons. The molecule has 0 aliphatic carbocycles. The first-order valence-electron chi connectivity index (χ1n) is 3.35. The maximum absolute atomic E-state index is 11.7. The van der Waals surface area contributed by atoms with Gasteiger partial charge in [-0.1, -0.05) is 22.0 Å². The quantitative estimate of drug-likeness (QED) is 0.497. The van der Waals surface area contributed by atoms with Gasteiger partial charge in [0.2, 0.25) is 0 Å². The van der Waals surface area contributed by atoms with Crippen LogP contribution in [0.2, 0.25) is 0 Å². The Bertz CT molecular complexity index is 447. The van der Waals surface area contributed by atoms with Gasteiger partial charge in [-0.15, -0.1) is 0 Å². The lowest BCUT2D eigenvalue weighted by molar-refractivity contribution is 0.678. The molecule has 1 unspecified atom stereocenters. The van der Waals surface area contributed by atoms with Crippen molar-refractivity contribution in [2.75, 3.05) is 0 Å². The predicted molar refractivity (Wildman–Crippen MR) is 56.4 cm³/mol. The van der Waals surface area contributed by atoms with Crippen LogP contribution in [0.15, 0.2) is 33.6 Å². The average molecular weight is 259 g/mol. The summed E-state index contributed by atoms with van der Waals surface area (Å²) in [5.41, 5.74) is 0. The molecule has 13 heavy (non-hydrogen) atoms. The molecule has 5 heteroatoms. The van der Waals surface area contributed by atoms with Gasteiger partial charge in [0, 0.05) is 4.47 Å². The zero-order valence-electron chi connectivity index (χ0n) is 6.66. The van der Waals surface area contributed by atoms with Crippen LogP contribution in [0.25, 0.3) is 0 Å². The number of hydrogen-bond acceptors (Lipinski definition) is 2. The zero-order valence-corrected chi connectivity index (χ0v) is 9.06. The van der Waals surface area contributed by atoms with E-state index in [1.54, 1.807) is 24.4 Å². The molecule has 0 aliphatic heterocycles. The van der Waals surface area contributed by atoms with E-state index in [0.717, 1.165) is 4.47 Å². The lowest BCUT2D eigenvalue weighted by atomic mass is 10.4. The second-order valence-corrected chi connectivity index (χ2v) is 5.29. The first-order chi connectivity index (χ1) is 6.06. The molecule has 0 aliphatic rings. The van der Waals surface area contributed by atoms with E-state index in [9.17, 15) is 4.21 Å². The normalized spacial score (nSPS) is 14.2. The molecule has 0 fully saturated rings. The van der Waals surface area contributed by atoms with Crippen molar-refractivity contribution in [2.24, 2.45) is 0 Å². The third kappa shape index (κ3) is 2.47. The lowest BCUT2D eigenvalue weighted by Crippen LogP contribution is -2.17. The maximum atomic E-state index is 11.7. The molecule has 1 aromatic carbocycles. The van der Waals surface area contributed by atoms with Crippen LogP contribution in [0, 0.1) is 11.5 Å². The fourth-order valence-electron chi connectivity index (χ4n) is 0.805. The van der Waals surface area contributed by atoms with Gasteiger partial charge in [0.1, 0.15) is 0 Å². The van der Waals surface area contributed by atoms with Crippen LogP contribution in [-0.4, -0.2) is 10.1 Å². The Kier molecular flexibility index (Phi) is 2.96. The minimum absolute atomic E-state index is 0.503. The van der Waals surface area contributed by atoms with Gasteiger partial charge in [0.15, 0.2) is 6.19 Å². The third-order valence-electron chi connectivity index (χ3n) is 1.39. The second-order valence-electron chi connectivity index (χ2n) is 2.35. The number of nitriles is 1. The van der Waals surface area contributed by atoms with E-state index in [1.165, 1.54) is 0 Å². The van der Waals surface area contributed by atoms with E-state index in [2.05, 4.69) is 26.5 Å². The fraction of sp³-hybridized carbons (Fsp3) is 0. The zero-order chi connectivity index (χ0) is 9.90. The minimum atomic E-state index is -2.67. The number of benzene rings is 1. The highest BCUT2D eigenvalue weighted by molar-refractivity contribution is 9.10. The number of nitrogens with zero attached hydrogens (tertiary/aromatic N) is 1. The summed E-state index contributed by atoms with van der Waals surface area (Å²) in [5, 5.41) is 8.34. The summed E-state index contributed by atoms with van der Waals surface area (Å²) in [6, 6.07) is 6.87. The van der Waals surface area contributed by atoms with E-state index in [0.29, 0.717) is 4.90 Å². The van der Waals surface area contributed by atoms with Gasteiger partial charge in [-0.2, -0.15) is 5.26 Å². The first-order valence-corrected chi connectivity index (χ1v) is 5.87. The minimum Gasteiger partial charge on any atom is -0.246 e. The van der Waals surface area contributed by atoms with Crippen LogP contribution in [0.3, 0.4) is 0 Å². The second kappa shape index (κ2) is 3.81. The van der Waals surface area contributed by atoms with Crippen LogP contribution >= 0.6 is 15.9 Å². The van der Waals surface area contributed by atoms with Gasteiger partial charge in [-0.3, -0.25) is 0 Å². The highest BCUT2D eigenvalue weighted by Crippen LogP contribution is 2.15. The molecule has 0 radical (unpaired) electrons. The van der Waals surface area contributed by atoms with Crippen LogP contribution in [0.5, 0.6) is 0 Å². The molecule has 1 atom stereocenters. The third-order valence-corrected chi connectivity index (χ3v) is 3.32. The van der Waals surface area contributed by atoms with Crippen molar-refractivity contribution in [3.63, 3.8) is 0 Å². The smallest absolute Gasteiger partial charge is 0.189 e. The van der Waals surface area contributed by atoms with Crippen LogP contribution in [-0.2, 0) is 9.71 Å². The molecular formula is C8H7BrN2OS. The van der Waals surface area contributed by atoms with Gasteiger partial charge >= 0.3 is 0 Å². The maximum Gasteiger partial charge on any atom is 0.189 e. The van der Waals surface area contributed by atoms with Crippen LogP contribution in [0.4, 0.5) is 0 Å². The highest BCUT2D eigenvalue weighted by Gasteiger charge is 2.05. The molecule has 0 saturated heterocycles. The summed E-state index contributed by atoms with van der Waals surface area (Å²) < 4.78 is 14.6. The Morgan fingerprint density at radius 1 is 1.62 bits per heavy atom. The van der Waals surface area contributed by atoms with Gasteiger partial charge in [0.25, 0.3) is 0 Å². The number of rotatable bonds is 2. The topological polar surface area (TPSA) is 52.9 Å². The fourth-order valence-corrected chi connectivity index (χ4v) is 2.24. The SMILES string of the molecule is C=S(=O)(NC#N)c1cccc(Br)c1. The lowest BCUT2D eigenvalue weighted by Gasteiger charge is -2.05. The molecule has 1 aromatic rings. The summed E-state index contributed by atoms with van der Waals surface area (Å²) in [5.74, 6) is 3.44. The van der Waals surface area contributed by atoms with Crippen LogP contribution < -0.4 is 4.72 Å². The van der Waals surface area contributed by atoms with Crippen molar-refractivity contribution in [3.05, 3.63) is 28.7 Å². The molecule has 0 aromatic heterocycles. The van der Waals surface area contributed by atoms with E-state index in [4.69, 9.17) is 5.26 Å². The van der Waals surface area contributed by atoms with Gasteiger partial charge in [-0.05, 0) is 24.1 Å². The van der Waals surface area contributed by atoms with Crippen molar-refractivity contribution < 1.29 is 4.21 Å². The Labute approximate surface area is 85.7 Å². The summed E-state index contributed by atoms with van der Waals surface area (Å²) in [6.45, 7) is 0. The number of nitrogens with one attached hydrogen (secondary N) is 1. The largest absolute Gasteiger partial charge is 0.246 e. The summed E-state index contributed by atoms with van der Waals surface area (Å²) in [4.78, 5) is 0.503. The molecule has 0 spiro atoms. The van der Waals surface area contributed by atoms with Crippen molar-refractivity contribution >= 4 is 31.5 Å². The highest BCUT2D eigenvalue weighted by atomic mass is 79.9. The Hall–Kier alpha value is -0.990. The molecule has 1 rings (SSSR count). The van der Waals surface area contributed by atoms with Gasteiger partial charge in [-0.25, -0.2) is 8.93 Å². The molecule has 0 bridgehead atoms. The number of halogens is 1. The monoisotopic (exact) mass is 258 g/mol. The summed E-state index contributed by atoms with van der Waals surface area (Å²) in [7, 11) is -2.67. The average Bonchev–Trinajstić information content (AvgIpc) is 2.04. The Morgan fingerprint density at radius 2 is 2.31 bits per heavy atom. The molecule has 0 saturated carbocycles. The molecular weight excluding hydrogens is 252 g/mol. The standard InChI is InChI=1S/C8H7BrN2OS/c1-13(12,11-6-10)8-4-2-3-7(9)5-8/h2-5H,1H2,(H,11,12). The Morgan fingerprint density at radius 3 is 2.85 bits per heavy atom. The molecule has 1 N–H and O–H groups in total. The van der Waals surface area contributed by atoms with Crippen molar-refractivity contribution in [1.29, 1.82) is 5.26 Å². The first kappa shape index (κ1) is 10.1. The van der Waals surface area contributed by atoms with E-state index in [-0.39, 0.29) is 0 Å². The molecule has 3 nitrogen and oxygen atoms in total. The summed E-state index contributed by atoms with van der Waals surface area (Å²) in [6.07, 6.45) is 1.62. The van der Waals surface area contributed by atoms with Crippen LogP contribution in [0.1, 0.15) is 0 Å². The van der Waals surface area contributed by atoms with Crippen molar-refractivity contribution in [3.8, 4) is 6.19 Å². The summed E-state index contributed by atoms with van der Waals surface area (Å²) >= 11 is 3.24. The molecule has 0 heterocycles. The van der Waals surface area contributed by atoms with Gasteiger partial charge in [0.05, 0.1) is 14.6 Å². The van der Waals surface area contributed by atoms with E-state index in [1.807, 2.05) is 6.07 Å². The van der Waals surface area contributed by atoms with E-state index >= 15 is 0 Å². The predicted octanol–water partition coefficient (Wildman–Crippen LogP) is 1.51. The van der Waals surface area contributed by atoms with E-state index < -0.39 is 9.71 Å². The molecule has 0 amide bonds. The van der Waals surface area contributed by atoms with Gasteiger partial charge < -0.3 is 0 Å². The Balaban J connectivity index is 3.17. The van der Waals surface area contributed by atoms with Crippen molar-refractivity contribution in [2.45, 2.75) is 4.90 Å². The number of hydrogen-bond donors (Lipinski definition) is 1. The van der Waals surface area contributed by atoms with Crippen molar-refractivity contribution in [1.82, 2.24) is 4.72 Å².